The Labute approximate surface area is 131 Å². The predicted molar refractivity (Wildman–Crippen MR) is 83.8 cm³/mol. The van der Waals surface area contributed by atoms with Crippen LogP contribution < -0.4 is 10.8 Å². The van der Waals surface area contributed by atoms with Gasteiger partial charge < -0.3 is 14.6 Å². The highest BCUT2D eigenvalue weighted by molar-refractivity contribution is 6.62. The second-order valence-electron chi connectivity index (χ2n) is 7.37. The minimum atomic E-state index is -0.411. The first kappa shape index (κ1) is 15.5. The number of aryl methyl sites for hydroxylation is 1. The molecule has 0 atom stereocenters. The monoisotopic (exact) mass is 302 g/mol. The van der Waals surface area contributed by atoms with Crippen molar-refractivity contribution in [3.63, 3.8) is 0 Å². The molecular weight excluding hydrogens is 279 g/mol. The van der Waals surface area contributed by atoms with Crippen LogP contribution in [0.4, 0.5) is 0 Å². The van der Waals surface area contributed by atoms with Crippen molar-refractivity contribution in [1.29, 1.82) is 5.26 Å². The molecular formula is C15H23BN4O2. The van der Waals surface area contributed by atoms with Gasteiger partial charge in [-0.1, -0.05) is 0 Å². The molecule has 0 spiro atoms. The van der Waals surface area contributed by atoms with Gasteiger partial charge in [0.05, 0.1) is 29.4 Å². The van der Waals surface area contributed by atoms with Gasteiger partial charge >= 0.3 is 7.12 Å². The van der Waals surface area contributed by atoms with Crippen molar-refractivity contribution < 1.29 is 9.31 Å². The van der Waals surface area contributed by atoms with E-state index >= 15 is 0 Å². The fraction of sp³-hybridized carbons (Fsp3) is 0.733. The van der Waals surface area contributed by atoms with Gasteiger partial charge in [-0.3, -0.25) is 4.68 Å². The van der Waals surface area contributed by atoms with E-state index < -0.39 is 7.12 Å². The summed E-state index contributed by atoms with van der Waals surface area (Å²) in [6.07, 6.45) is 2.43. The van der Waals surface area contributed by atoms with Crippen LogP contribution in [0.25, 0.3) is 0 Å². The average Bonchev–Trinajstić information content (AvgIpc) is 2.83. The number of rotatable bonds is 3. The lowest BCUT2D eigenvalue weighted by molar-refractivity contribution is 0.00578. The van der Waals surface area contributed by atoms with Gasteiger partial charge in [0, 0.05) is 24.7 Å². The molecule has 1 aromatic heterocycles. The predicted octanol–water partition coefficient (Wildman–Crippen LogP) is 0.703. The van der Waals surface area contributed by atoms with Crippen molar-refractivity contribution in [3.8, 4) is 6.07 Å². The van der Waals surface area contributed by atoms with Crippen LogP contribution in [-0.2, 0) is 14.8 Å². The zero-order chi connectivity index (χ0) is 16.2. The van der Waals surface area contributed by atoms with E-state index in [0.29, 0.717) is 6.42 Å². The third-order valence-electron chi connectivity index (χ3n) is 5.25. The van der Waals surface area contributed by atoms with Crippen LogP contribution in [0.1, 0.15) is 39.8 Å². The maximum Gasteiger partial charge on any atom is 0.498 e. The number of hydrogen-bond acceptors (Lipinski definition) is 5. The minimum Gasteiger partial charge on any atom is -0.399 e. The quantitative estimate of drug-likeness (QED) is 0.832. The summed E-state index contributed by atoms with van der Waals surface area (Å²) in [4.78, 5) is 0. The molecule has 2 fully saturated rings. The Kier molecular flexibility index (Phi) is 3.40. The summed E-state index contributed by atoms with van der Waals surface area (Å²) in [5, 5.41) is 16.9. The molecule has 22 heavy (non-hydrogen) atoms. The molecule has 3 heterocycles. The van der Waals surface area contributed by atoms with Crippen molar-refractivity contribution in [1.82, 2.24) is 15.1 Å². The first-order valence-electron chi connectivity index (χ1n) is 7.71. The number of hydrogen-bond donors (Lipinski definition) is 1. The van der Waals surface area contributed by atoms with E-state index in [0.717, 1.165) is 24.2 Å². The van der Waals surface area contributed by atoms with Crippen molar-refractivity contribution in [2.75, 3.05) is 13.1 Å². The smallest absolute Gasteiger partial charge is 0.399 e. The third kappa shape index (κ3) is 2.18. The highest BCUT2D eigenvalue weighted by atomic mass is 16.7. The lowest BCUT2D eigenvalue weighted by Gasteiger charge is -2.41. The highest BCUT2D eigenvalue weighted by Gasteiger charge is 2.53. The zero-order valence-electron chi connectivity index (χ0n) is 13.9. The molecule has 1 aromatic rings. The Hall–Kier alpha value is -1.36. The fourth-order valence-electron chi connectivity index (χ4n) is 2.85. The SMILES string of the molecule is Cc1nn(C2(CC#N)CNC2)cc1B1OC(C)(C)C(C)(C)O1. The molecule has 0 aliphatic carbocycles. The lowest BCUT2D eigenvalue weighted by Crippen LogP contribution is -2.60. The Bertz CT molecular complexity index is 612. The van der Waals surface area contributed by atoms with Gasteiger partial charge in [-0.05, 0) is 34.6 Å². The average molecular weight is 302 g/mol. The summed E-state index contributed by atoms with van der Waals surface area (Å²) in [6, 6.07) is 2.27. The van der Waals surface area contributed by atoms with Crippen molar-refractivity contribution in [3.05, 3.63) is 11.9 Å². The number of nitrogens with zero attached hydrogens (tertiary/aromatic N) is 3. The van der Waals surface area contributed by atoms with Crippen LogP contribution in [-0.4, -0.2) is 41.2 Å². The Morgan fingerprint density at radius 3 is 2.36 bits per heavy atom. The molecule has 0 saturated carbocycles. The summed E-state index contributed by atoms with van der Waals surface area (Å²) in [5.74, 6) is 0. The van der Waals surface area contributed by atoms with Crippen LogP contribution in [0.2, 0.25) is 0 Å². The molecule has 6 nitrogen and oxygen atoms in total. The Morgan fingerprint density at radius 2 is 1.91 bits per heavy atom. The fourth-order valence-corrected chi connectivity index (χ4v) is 2.85. The normalized spacial score (nSPS) is 24.8. The summed E-state index contributed by atoms with van der Waals surface area (Å²) in [7, 11) is -0.411. The van der Waals surface area contributed by atoms with Crippen molar-refractivity contribution in [2.45, 2.75) is 57.8 Å². The van der Waals surface area contributed by atoms with E-state index in [-0.39, 0.29) is 16.7 Å². The highest BCUT2D eigenvalue weighted by Crippen LogP contribution is 2.36. The van der Waals surface area contributed by atoms with Crippen LogP contribution in [0, 0.1) is 18.3 Å². The van der Waals surface area contributed by atoms with E-state index in [1.807, 2.05) is 45.5 Å². The first-order chi connectivity index (χ1) is 10.2. The lowest BCUT2D eigenvalue weighted by atomic mass is 9.79. The second kappa shape index (κ2) is 4.82. The molecule has 0 bridgehead atoms. The van der Waals surface area contributed by atoms with E-state index in [9.17, 15) is 0 Å². The summed E-state index contributed by atoms with van der Waals surface area (Å²) < 4.78 is 14.1. The topological polar surface area (TPSA) is 72.1 Å². The zero-order valence-corrected chi connectivity index (χ0v) is 13.9. The van der Waals surface area contributed by atoms with Gasteiger partial charge in [-0.25, -0.2) is 0 Å². The van der Waals surface area contributed by atoms with Gasteiger partial charge in [-0.15, -0.1) is 0 Å². The Morgan fingerprint density at radius 1 is 1.32 bits per heavy atom. The van der Waals surface area contributed by atoms with Crippen LogP contribution >= 0.6 is 0 Å². The number of aromatic nitrogens is 2. The molecule has 1 N–H and O–H groups in total. The summed E-state index contributed by atoms with van der Waals surface area (Å²) >= 11 is 0. The van der Waals surface area contributed by atoms with Gasteiger partial charge in [-0.2, -0.15) is 10.4 Å². The van der Waals surface area contributed by atoms with E-state index in [1.54, 1.807) is 0 Å². The third-order valence-corrected chi connectivity index (χ3v) is 5.25. The number of nitrogens with one attached hydrogen (secondary N) is 1. The molecule has 0 unspecified atom stereocenters. The molecule has 2 saturated heterocycles. The first-order valence-corrected chi connectivity index (χ1v) is 7.71. The summed E-state index contributed by atoms with van der Waals surface area (Å²) in [5.41, 5.74) is 0.871. The molecule has 2 aliphatic heterocycles. The molecule has 0 radical (unpaired) electrons. The number of nitriles is 1. The molecule has 0 amide bonds. The Balaban J connectivity index is 1.90. The second-order valence-corrected chi connectivity index (χ2v) is 7.37. The largest absolute Gasteiger partial charge is 0.498 e. The van der Waals surface area contributed by atoms with Gasteiger partial charge in [0.25, 0.3) is 0 Å². The standard InChI is InChI=1S/C15H23BN4O2/c1-11-12(16-21-13(2,3)14(4,5)22-16)8-20(19-11)15(6-7-17)9-18-10-15/h8,18H,6,9-10H2,1-5H3. The molecule has 118 valence electrons. The van der Waals surface area contributed by atoms with Crippen LogP contribution in [0.3, 0.4) is 0 Å². The van der Waals surface area contributed by atoms with Crippen molar-refractivity contribution >= 4 is 12.6 Å². The molecule has 0 aromatic carbocycles. The maximum absolute atomic E-state index is 9.08. The molecule has 7 heteroatoms. The van der Waals surface area contributed by atoms with Gasteiger partial charge in [0.15, 0.2) is 0 Å². The minimum absolute atomic E-state index is 0.235. The van der Waals surface area contributed by atoms with E-state index in [1.165, 1.54) is 0 Å². The van der Waals surface area contributed by atoms with Gasteiger partial charge in [0.1, 0.15) is 5.54 Å². The van der Waals surface area contributed by atoms with Gasteiger partial charge in [0.2, 0.25) is 0 Å². The molecule has 2 aliphatic rings. The van der Waals surface area contributed by atoms with Crippen LogP contribution in [0.15, 0.2) is 6.20 Å². The van der Waals surface area contributed by atoms with Crippen molar-refractivity contribution in [2.24, 2.45) is 0 Å². The van der Waals surface area contributed by atoms with E-state index in [2.05, 4.69) is 16.5 Å². The summed E-state index contributed by atoms with van der Waals surface area (Å²) in [6.45, 7) is 11.7. The molecule has 3 rings (SSSR count). The van der Waals surface area contributed by atoms with Crippen LogP contribution in [0.5, 0.6) is 0 Å². The maximum atomic E-state index is 9.08. The van der Waals surface area contributed by atoms with E-state index in [4.69, 9.17) is 14.6 Å².